The summed E-state index contributed by atoms with van der Waals surface area (Å²) in [5, 5.41) is 2.93. The second kappa shape index (κ2) is 7.17. The van der Waals surface area contributed by atoms with E-state index in [0.29, 0.717) is 28.4 Å². The van der Waals surface area contributed by atoms with Crippen LogP contribution in [0.1, 0.15) is 36.3 Å². The minimum atomic E-state index is -0.185. The average molecular weight is 375 g/mol. The molecule has 0 aliphatic heterocycles. The molecule has 0 saturated carbocycles. The van der Waals surface area contributed by atoms with Gasteiger partial charge in [0, 0.05) is 16.6 Å². The van der Waals surface area contributed by atoms with Crippen LogP contribution in [0.2, 0.25) is 0 Å². The van der Waals surface area contributed by atoms with Crippen molar-refractivity contribution >= 4 is 28.7 Å². The van der Waals surface area contributed by atoms with Crippen LogP contribution in [0.15, 0.2) is 66.9 Å². The highest BCUT2D eigenvalue weighted by Gasteiger charge is 2.17. The van der Waals surface area contributed by atoms with Crippen LogP contribution in [-0.2, 0) is 6.54 Å². The molecule has 4 aromatic rings. The summed E-state index contributed by atoms with van der Waals surface area (Å²) in [5.41, 5.74) is 2.62. The second-order valence-electron chi connectivity index (χ2n) is 6.12. The second-order valence-corrected chi connectivity index (χ2v) is 7.29. The van der Waals surface area contributed by atoms with Crippen molar-refractivity contribution in [1.82, 2.24) is 14.7 Å². The van der Waals surface area contributed by atoms with Crippen LogP contribution < -0.4 is 5.32 Å². The monoisotopic (exact) mass is 375 g/mol. The number of aromatic nitrogens is 2. The fraction of sp³-hybridized carbons (Fsp3) is 0.0952. The topological polar surface area (TPSA) is 63.5 Å². The normalized spacial score (nSPS) is 10.9. The van der Waals surface area contributed by atoms with Crippen molar-refractivity contribution in [2.75, 3.05) is 0 Å². The molecule has 0 aliphatic carbocycles. The Morgan fingerprint density at radius 2 is 1.81 bits per heavy atom. The third-order valence-electron chi connectivity index (χ3n) is 4.26. The number of fused-ring (bicyclic) bond motifs is 1. The standard InChI is InChI=1S/C21H17N3O2S/c1-14-19(24-12-6-5-9-18(24)23-14)21(26)22-13-16-10-11-17(27-16)20(25)15-7-3-2-4-8-15/h2-12H,13H2,1H3,(H,22,26). The summed E-state index contributed by atoms with van der Waals surface area (Å²) in [6.07, 6.45) is 1.83. The average Bonchev–Trinajstić information content (AvgIpc) is 3.30. The number of thiophene rings is 1. The molecule has 27 heavy (non-hydrogen) atoms. The van der Waals surface area contributed by atoms with Gasteiger partial charge in [-0.05, 0) is 31.2 Å². The van der Waals surface area contributed by atoms with Crippen molar-refractivity contribution in [3.05, 3.63) is 93.6 Å². The Morgan fingerprint density at radius 3 is 2.63 bits per heavy atom. The van der Waals surface area contributed by atoms with Crippen LogP contribution in [0.3, 0.4) is 0 Å². The zero-order valence-corrected chi connectivity index (χ0v) is 15.5. The van der Waals surface area contributed by atoms with E-state index in [0.717, 1.165) is 10.5 Å². The number of nitrogens with one attached hydrogen (secondary N) is 1. The van der Waals surface area contributed by atoms with E-state index in [1.54, 1.807) is 22.6 Å². The SMILES string of the molecule is Cc1nc2ccccn2c1C(=O)NCc1ccc(C(=O)c2ccccc2)s1. The third kappa shape index (κ3) is 3.39. The van der Waals surface area contributed by atoms with Gasteiger partial charge in [0.05, 0.1) is 17.1 Å². The van der Waals surface area contributed by atoms with E-state index in [1.165, 1.54) is 11.3 Å². The van der Waals surface area contributed by atoms with Gasteiger partial charge < -0.3 is 5.32 Å². The Bertz CT molecular complexity index is 1130. The minimum absolute atomic E-state index is 0.00388. The van der Waals surface area contributed by atoms with Gasteiger partial charge >= 0.3 is 0 Å². The molecule has 0 spiro atoms. The Labute approximate surface area is 160 Å². The molecule has 3 heterocycles. The first-order valence-electron chi connectivity index (χ1n) is 8.54. The Hall–Kier alpha value is -3.25. The predicted molar refractivity (Wildman–Crippen MR) is 105 cm³/mol. The van der Waals surface area contributed by atoms with Crippen LogP contribution in [0.25, 0.3) is 5.65 Å². The number of nitrogens with zero attached hydrogens (tertiary/aromatic N) is 2. The van der Waals surface area contributed by atoms with Crippen molar-refractivity contribution in [1.29, 1.82) is 0 Å². The molecule has 6 heteroatoms. The lowest BCUT2D eigenvalue weighted by molar-refractivity contribution is 0.0944. The molecule has 1 N–H and O–H groups in total. The van der Waals surface area contributed by atoms with Gasteiger partial charge in [-0.3, -0.25) is 14.0 Å². The van der Waals surface area contributed by atoms with Crippen LogP contribution in [-0.4, -0.2) is 21.1 Å². The van der Waals surface area contributed by atoms with Gasteiger partial charge in [0.25, 0.3) is 5.91 Å². The van der Waals surface area contributed by atoms with Crippen LogP contribution in [0.4, 0.5) is 0 Å². The number of amides is 1. The van der Waals surface area contributed by atoms with Gasteiger partial charge in [-0.25, -0.2) is 4.98 Å². The Morgan fingerprint density at radius 1 is 1.04 bits per heavy atom. The maximum absolute atomic E-state index is 12.6. The number of benzene rings is 1. The van der Waals surface area contributed by atoms with Gasteiger partial charge in [0.2, 0.25) is 5.78 Å². The molecule has 0 atom stereocenters. The molecule has 0 bridgehead atoms. The fourth-order valence-corrected chi connectivity index (χ4v) is 3.87. The van der Waals surface area contributed by atoms with E-state index in [4.69, 9.17) is 0 Å². The van der Waals surface area contributed by atoms with Crippen LogP contribution >= 0.6 is 11.3 Å². The molecule has 1 amide bonds. The van der Waals surface area contributed by atoms with Gasteiger partial charge in [-0.2, -0.15) is 0 Å². The molecule has 0 unspecified atom stereocenters. The van der Waals surface area contributed by atoms with Crippen molar-refractivity contribution in [2.24, 2.45) is 0 Å². The summed E-state index contributed by atoms with van der Waals surface area (Å²) in [5.74, 6) is -0.189. The van der Waals surface area contributed by atoms with Crippen molar-refractivity contribution in [3.8, 4) is 0 Å². The number of rotatable bonds is 5. The number of pyridine rings is 1. The number of hydrogen-bond acceptors (Lipinski definition) is 4. The molecule has 0 radical (unpaired) electrons. The predicted octanol–water partition coefficient (Wildman–Crippen LogP) is 3.87. The van der Waals surface area contributed by atoms with Crippen molar-refractivity contribution < 1.29 is 9.59 Å². The van der Waals surface area contributed by atoms with Crippen LogP contribution in [0.5, 0.6) is 0 Å². The number of carbonyl (C=O) groups excluding carboxylic acids is 2. The molecule has 4 rings (SSSR count). The smallest absolute Gasteiger partial charge is 0.270 e. The summed E-state index contributed by atoms with van der Waals surface area (Å²) < 4.78 is 1.78. The summed E-state index contributed by atoms with van der Waals surface area (Å²) in [4.78, 5) is 31.1. The summed E-state index contributed by atoms with van der Waals surface area (Å²) >= 11 is 1.40. The maximum atomic E-state index is 12.6. The fourth-order valence-electron chi connectivity index (χ4n) is 2.96. The highest BCUT2D eigenvalue weighted by molar-refractivity contribution is 7.14. The lowest BCUT2D eigenvalue weighted by atomic mass is 10.1. The van der Waals surface area contributed by atoms with Crippen LogP contribution in [0, 0.1) is 6.92 Å². The van der Waals surface area contributed by atoms with E-state index in [9.17, 15) is 9.59 Å². The minimum Gasteiger partial charge on any atom is -0.346 e. The number of aryl methyl sites for hydroxylation is 1. The van der Waals surface area contributed by atoms with Crippen molar-refractivity contribution in [2.45, 2.75) is 13.5 Å². The molecule has 5 nitrogen and oxygen atoms in total. The molecule has 0 fully saturated rings. The van der Waals surface area contributed by atoms with E-state index >= 15 is 0 Å². The van der Waals surface area contributed by atoms with Gasteiger partial charge in [-0.15, -0.1) is 11.3 Å². The quantitative estimate of drug-likeness (QED) is 0.539. The van der Waals surface area contributed by atoms with E-state index in [-0.39, 0.29) is 11.7 Å². The highest BCUT2D eigenvalue weighted by atomic mass is 32.1. The Kier molecular flexibility index (Phi) is 4.56. The first-order valence-corrected chi connectivity index (χ1v) is 9.35. The molecule has 0 saturated heterocycles. The van der Waals surface area contributed by atoms with Gasteiger partial charge in [0.1, 0.15) is 11.3 Å². The lowest BCUT2D eigenvalue weighted by Gasteiger charge is -2.04. The maximum Gasteiger partial charge on any atom is 0.270 e. The largest absolute Gasteiger partial charge is 0.346 e. The highest BCUT2D eigenvalue weighted by Crippen LogP contribution is 2.20. The first kappa shape index (κ1) is 17.2. The van der Waals surface area contributed by atoms with E-state index < -0.39 is 0 Å². The third-order valence-corrected chi connectivity index (χ3v) is 5.35. The molecular weight excluding hydrogens is 358 g/mol. The molecule has 3 aromatic heterocycles. The summed E-state index contributed by atoms with van der Waals surface area (Å²) in [6.45, 7) is 2.19. The van der Waals surface area contributed by atoms with Gasteiger partial charge in [-0.1, -0.05) is 36.4 Å². The molecule has 134 valence electrons. The summed E-state index contributed by atoms with van der Waals surface area (Å²) in [6, 6.07) is 18.5. The molecule has 1 aromatic carbocycles. The number of imidazole rings is 1. The number of ketones is 1. The Balaban J connectivity index is 1.48. The van der Waals surface area contributed by atoms with Gasteiger partial charge in [0.15, 0.2) is 0 Å². The van der Waals surface area contributed by atoms with Crippen molar-refractivity contribution in [3.63, 3.8) is 0 Å². The zero-order chi connectivity index (χ0) is 18.8. The number of carbonyl (C=O) groups is 2. The number of hydrogen-bond donors (Lipinski definition) is 1. The lowest BCUT2D eigenvalue weighted by Crippen LogP contribution is -2.24. The van der Waals surface area contributed by atoms with E-state index in [2.05, 4.69) is 10.3 Å². The first-order chi connectivity index (χ1) is 13.1. The summed E-state index contributed by atoms with van der Waals surface area (Å²) in [7, 11) is 0. The zero-order valence-electron chi connectivity index (χ0n) is 14.7. The van der Waals surface area contributed by atoms with E-state index in [1.807, 2.05) is 55.6 Å². The molecule has 0 aliphatic rings. The molecular formula is C21H17N3O2S.